The lowest BCUT2D eigenvalue weighted by Crippen LogP contribution is -2.45. The summed E-state index contributed by atoms with van der Waals surface area (Å²) in [4.78, 5) is 2.36. The van der Waals surface area contributed by atoms with E-state index in [4.69, 9.17) is 15.2 Å². The molecule has 4 heteroatoms. The Kier molecular flexibility index (Phi) is 2.92. The lowest BCUT2D eigenvalue weighted by molar-refractivity contribution is 0.173. The second kappa shape index (κ2) is 4.44. The predicted octanol–water partition coefficient (Wildman–Crippen LogP) is 1.34. The van der Waals surface area contributed by atoms with Crippen molar-refractivity contribution < 1.29 is 9.47 Å². The molecule has 2 N–H and O–H groups in total. The van der Waals surface area contributed by atoms with Crippen LogP contribution in [0.25, 0.3) is 0 Å². The molecule has 1 fully saturated rings. The minimum atomic E-state index is 0.105. The standard InChI is InChI=1S/C14H20N2O2/c1-16-6-4-14(9-15,5-7-16)11-2-3-12-13(8-11)18-10-17-12/h2-3,8H,4-7,9-10,15H2,1H3. The van der Waals surface area contributed by atoms with Gasteiger partial charge in [-0.3, -0.25) is 0 Å². The lowest BCUT2D eigenvalue weighted by atomic mass is 9.73. The van der Waals surface area contributed by atoms with Crippen molar-refractivity contribution in [2.45, 2.75) is 18.3 Å². The smallest absolute Gasteiger partial charge is 0.231 e. The van der Waals surface area contributed by atoms with Gasteiger partial charge in [0.15, 0.2) is 11.5 Å². The maximum absolute atomic E-state index is 6.07. The number of likely N-dealkylation sites (tertiary alicyclic amines) is 1. The molecule has 0 aliphatic carbocycles. The van der Waals surface area contributed by atoms with E-state index in [0.29, 0.717) is 13.3 Å². The summed E-state index contributed by atoms with van der Waals surface area (Å²) in [5, 5.41) is 0. The summed E-state index contributed by atoms with van der Waals surface area (Å²) < 4.78 is 10.8. The topological polar surface area (TPSA) is 47.7 Å². The fourth-order valence-corrected chi connectivity index (χ4v) is 2.88. The molecule has 0 aromatic heterocycles. The molecule has 0 unspecified atom stereocenters. The van der Waals surface area contributed by atoms with E-state index in [1.165, 1.54) is 5.56 Å². The molecule has 2 aliphatic rings. The van der Waals surface area contributed by atoms with Crippen molar-refractivity contribution in [2.75, 3.05) is 33.5 Å². The van der Waals surface area contributed by atoms with Gasteiger partial charge in [0.1, 0.15) is 0 Å². The van der Waals surface area contributed by atoms with Crippen LogP contribution in [0.2, 0.25) is 0 Å². The van der Waals surface area contributed by atoms with Gasteiger partial charge >= 0.3 is 0 Å². The third kappa shape index (κ3) is 1.85. The molecule has 0 atom stereocenters. The molecule has 0 amide bonds. The Morgan fingerprint density at radius 1 is 1.22 bits per heavy atom. The monoisotopic (exact) mass is 248 g/mol. The second-order valence-electron chi connectivity index (χ2n) is 5.36. The van der Waals surface area contributed by atoms with Crippen LogP contribution in [0.5, 0.6) is 11.5 Å². The molecule has 0 bridgehead atoms. The number of fused-ring (bicyclic) bond motifs is 1. The lowest BCUT2D eigenvalue weighted by Gasteiger charge is -2.40. The van der Waals surface area contributed by atoms with Crippen LogP contribution < -0.4 is 15.2 Å². The zero-order valence-corrected chi connectivity index (χ0v) is 10.8. The summed E-state index contributed by atoms with van der Waals surface area (Å²) >= 11 is 0. The van der Waals surface area contributed by atoms with Crippen LogP contribution in [-0.4, -0.2) is 38.4 Å². The minimum Gasteiger partial charge on any atom is -0.454 e. The number of hydrogen-bond donors (Lipinski definition) is 1. The summed E-state index contributed by atoms with van der Waals surface area (Å²) in [7, 11) is 2.17. The Bertz CT molecular complexity index is 439. The first-order valence-corrected chi connectivity index (χ1v) is 6.52. The summed E-state index contributed by atoms with van der Waals surface area (Å²) in [5.41, 5.74) is 7.47. The maximum Gasteiger partial charge on any atom is 0.231 e. The van der Waals surface area contributed by atoms with Crippen LogP contribution in [0.15, 0.2) is 18.2 Å². The fraction of sp³-hybridized carbons (Fsp3) is 0.571. The van der Waals surface area contributed by atoms with E-state index >= 15 is 0 Å². The molecule has 98 valence electrons. The van der Waals surface area contributed by atoms with Crippen molar-refractivity contribution in [3.8, 4) is 11.5 Å². The van der Waals surface area contributed by atoms with Crippen molar-refractivity contribution >= 4 is 0 Å². The molecular formula is C14H20N2O2. The summed E-state index contributed by atoms with van der Waals surface area (Å²) in [5.74, 6) is 1.71. The van der Waals surface area contributed by atoms with Gasteiger partial charge in [0.2, 0.25) is 6.79 Å². The maximum atomic E-state index is 6.07. The molecule has 4 nitrogen and oxygen atoms in total. The van der Waals surface area contributed by atoms with Crippen molar-refractivity contribution in [3.63, 3.8) is 0 Å². The molecule has 3 rings (SSSR count). The Morgan fingerprint density at radius 3 is 2.67 bits per heavy atom. The van der Waals surface area contributed by atoms with Crippen molar-refractivity contribution in [2.24, 2.45) is 5.73 Å². The zero-order valence-electron chi connectivity index (χ0n) is 10.8. The van der Waals surface area contributed by atoms with E-state index in [1.54, 1.807) is 0 Å². The van der Waals surface area contributed by atoms with Crippen molar-refractivity contribution in [1.82, 2.24) is 4.90 Å². The van der Waals surface area contributed by atoms with Crippen LogP contribution in [-0.2, 0) is 5.41 Å². The van der Waals surface area contributed by atoms with Crippen molar-refractivity contribution in [1.29, 1.82) is 0 Å². The molecule has 0 radical (unpaired) electrons. The number of piperidine rings is 1. The highest BCUT2D eigenvalue weighted by Crippen LogP contribution is 2.40. The van der Waals surface area contributed by atoms with Gasteiger partial charge in [0.05, 0.1) is 0 Å². The normalized spacial score (nSPS) is 22.1. The summed E-state index contributed by atoms with van der Waals surface area (Å²) in [6.07, 6.45) is 2.22. The number of nitrogens with two attached hydrogens (primary N) is 1. The van der Waals surface area contributed by atoms with E-state index in [-0.39, 0.29) is 5.41 Å². The van der Waals surface area contributed by atoms with Crippen LogP contribution >= 0.6 is 0 Å². The van der Waals surface area contributed by atoms with E-state index < -0.39 is 0 Å². The van der Waals surface area contributed by atoms with Gasteiger partial charge in [-0.05, 0) is 50.7 Å². The third-order valence-electron chi connectivity index (χ3n) is 4.32. The number of benzene rings is 1. The zero-order chi connectivity index (χ0) is 12.6. The fourth-order valence-electron chi connectivity index (χ4n) is 2.88. The van der Waals surface area contributed by atoms with Crippen LogP contribution in [0.1, 0.15) is 18.4 Å². The van der Waals surface area contributed by atoms with Gasteiger partial charge in [-0.25, -0.2) is 0 Å². The van der Waals surface area contributed by atoms with Gasteiger partial charge in [0.25, 0.3) is 0 Å². The molecule has 0 spiro atoms. The SMILES string of the molecule is CN1CCC(CN)(c2ccc3c(c2)OCO3)CC1. The molecule has 2 aliphatic heterocycles. The minimum absolute atomic E-state index is 0.105. The van der Waals surface area contributed by atoms with Crippen LogP contribution in [0, 0.1) is 0 Å². The predicted molar refractivity (Wildman–Crippen MR) is 70.0 cm³/mol. The summed E-state index contributed by atoms with van der Waals surface area (Å²) in [6.45, 7) is 3.23. The van der Waals surface area contributed by atoms with Crippen LogP contribution in [0.3, 0.4) is 0 Å². The average molecular weight is 248 g/mol. The molecule has 0 saturated carbocycles. The molecular weight excluding hydrogens is 228 g/mol. The van der Waals surface area contributed by atoms with E-state index in [1.807, 2.05) is 6.07 Å². The highest BCUT2D eigenvalue weighted by atomic mass is 16.7. The first-order valence-electron chi connectivity index (χ1n) is 6.52. The van der Waals surface area contributed by atoms with Gasteiger partial charge in [-0.15, -0.1) is 0 Å². The van der Waals surface area contributed by atoms with Crippen molar-refractivity contribution in [3.05, 3.63) is 23.8 Å². The Hall–Kier alpha value is -1.26. The van der Waals surface area contributed by atoms with Gasteiger partial charge in [0, 0.05) is 12.0 Å². The molecule has 2 heterocycles. The van der Waals surface area contributed by atoms with E-state index in [0.717, 1.165) is 37.4 Å². The molecule has 1 aromatic carbocycles. The number of hydrogen-bond acceptors (Lipinski definition) is 4. The van der Waals surface area contributed by atoms with E-state index in [9.17, 15) is 0 Å². The molecule has 1 aromatic rings. The van der Waals surface area contributed by atoms with Gasteiger partial charge in [-0.2, -0.15) is 0 Å². The second-order valence-corrected chi connectivity index (χ2v) is 5.36. The Balaban J connectivity index is 1.92. The number of nitrogens with zero attached hydrogens (tertiary/aromatic N) is 1. The average Bonchev–Trinajstić information content (AvgIpc) is 2.87. The first-order chi connectivity index (χ1) is 8.73. The third-order valence-corrected chi connectivity index (χ3v) is 4.32. The highest BCUT2D eigenvalue weighted by molar-refractivity contribution is 5.47. The molecule has 1 saturated heterocycles. The van der Waals surface area contributed by atoms with E-state index in [2.05, 4.69) is 24.1 Å². The first kappa shape index (κ1) is 11.8. The number of ether oxygens (including phenoxy) is 2. The number of rotatable bonds is 2. The Morgan fingerprint density at radius 2 is 1.94 bits per heavy atom. The highest BCUT2D eigenvalue weighted by Gasteiger charge is 2.35. The Labute approximate surface area is 108 Å². The van der Waals surface area contributed by atoms with Gasteiger partial charge in [-0.1, -0.05) is 6.07 Å². The van der Waals surface area contributed by atoms with Crippen LogP contribution in [0.4, 0.5) is 0 Å². The van der Waals surface area contributed by atoms with Gasteiger partial charge < -0.3 is 20.1 Å². The quantitative estimate of drug-likeness (QED) is 0.858. The summed E-state index contributed by atoms with van der Waals surface area (Å²) in [6, 6.07) is 6.26. The largest absolute Gasteiger partial charge is 0.454 e. The molecule has 18 heavy (non-hydrogen) atoms.